The van der Waals surface area contributed by atoms with Crippen molar-refractivity contribution in [3.05, 3.63) is 154 Å². The zero-order valence-electron chi connectivity index (χ0n) is 22.4. The Morgan fingerprint density at radius 1 is 0.475 bits per heavy atom. The summed E-state index contributed by atoms with van der Waals surface area (Å²) in [6.45, 7) is 0. The maximum atomic E-state index is 2.40. The second-order valence-electron chi connectivity index (χ2n) is 11.6. The molecule has 0 aromatic heterocycles. The fourth-order valence-electron chi connectivity index (χ4n) is 7.67. The van der Waals surface area contributed by atoms with Gasteiger partial charge in [-0.3, -0.25) is 0 Å². The molecule has 0 heterocycles. The minimum absolute atomic E-state index is 1.06. The van der Waals surface area contributed by atoms with Crippen LogP contribution in [0.25, 0.3) is 56.0 Å². The molecule has 4 aliphatic rings. The van der Waals surface area contributed by atoms with E-state index in [0.717, 1.165) is 25.7 Å². The van der Waals surface area contributed by atoms with Crippen LogP contribution in [0.2, 0.25) is 0 Å². The molecular weight excluding hydrogens is 480 g/mol. The molecule has 0 radical (unpaired) electrons. The van der Waals surface area contributed by atoms with Crippen LogP contribution in [0.15, 0.2) is 109 Å². The first-order valence-electron chi connectivity index (χ1n) is 14.5. The molecule has 0 saturated carbocycles. The summed E-state index contributed by atoms with van der Waals surface area (Å²) in [5.74, 6) is 0. The lowest BCUT2D eigenvalue weighted by molar-refractivity contribution is 1.26. The molecule has 6 aromatic carbocycles. The topological polar surface area (TPSA) is 0 Å². The van der Waals surface area contributed by atoms with Crippen LogP contribution in [0.5, 0.6) is 0 Å². The molecule has 0 atom stereocenters. The molecule has 0 aliphatic heterocycles. The van der Waals surface area contributed by atoms with Gasteiger partial charge in [0.05, 0.1) is 0 Å². The van der Waals surface area contributed by atoms with Gasteiger partial charge in [0, 0.05) is 0 Å². The second-order valence-corrected chi connectivity index (χ2v) is 11.6. The highest BCUT2D eigenvalue weighted by atomic mass is 14.3. The van der Waals surface area contributed by atoms with Gasteiger partial charge in [0.15, 0.2) is 0 Å². The SMILES string of the molecule is C1=Cc2c3c(cc4cccc(c24)C1)Cc1ccccc1-3.C1=Cc2cc3c(c4cccc(c24)C1)Cc1ccccc1-3. The van der Waals surface area contributed by atoms with Crippen LogP contribution in [0.3, 0.4) is 0 Å². The highest BCUT2D eigenvalue weighted by Crippen LogP contribution is 2.45. The molecule has 0 saturated heterocycles. The average molecular weight is 509 g/mol. The van der Waals surface area contributed by atoms with Crippen LogP contribution in [0, 0.1) is 0 Å². The number of hydrogen-bond acceptors (Lipinski definition) is 0. The van der Waals surface area contributed by atoms with E-state index in [2.05, 4.69) is 121 Å². The standard InChI is InChI=1S/2C20H14/c1-2-9-17-14(5-1)11-16-12-15-8-3-6-13-7-4-10-18(19(13)15)20(16)17;1-2-9-16-14(5-1)11-19-17-10-4-7-13-6-3-8-15(20(13)17)12-18(16)19/h1-6,8-10,12H,7,11H2;1-5,7-10,12H,6,11H2. The largest absolute Gasteiger partial charge is 0.0795 e. The van der Waals surface area contributed by atoms with E-state index in [4.69, 9.17) is 0 Å². The Bertz CT molecular complexity index is 2100. The monoisotopic (exact) mass is 508 g/mol. The van der Waals surface area contributed by atoms with Gasteiger partial charge in [-0.15, -0.1) is 0 Å². The van der Waals surface area contributed by atoms with E-state index in [1.54, 1.807) is 0 Å². The van der Waals surface area contributed by atoms with E-state index in [9.17, 15) is 0 Å². The summed E-state index contributed by atoms with van der Waals surface area (Å²) in [6.07, 6.45) is 13.5. The molecular formula is C40H28. The van der Waals surface area contributed by atoms with Crippen LogP contribution in [0.1, 0.15) is 44.5 Å². The molecule has 6 aromatic rings. The van der Waals surface area contributed by atoms with Crippen molar-refractivity contribution in [3.63, 3.8) is 0 Å². The van der Waals surface area contributed by atoms with Crippen molar-refractivity contribution in [2.45, 2.75) is 25.7 Å². The first kappa shape index (κ1) is 22.2. The summed E-state index contributed by atoms with van der Waals surface area (Å²) >= 11 is 0. The third-order valence-electron chi connectivity index (χ3n) is 9.36. The molecule has 0 unspecified atom stereocenters. The minimum atomic E-state index is 1.06. The predicted molar refractivity (Wildman–Crippen MR) is 170 cm³/mol. The fourth-order valence-corrected chi connectivity index (χ4v) is 7.67. The van der Waals surface area contributed by atoms with E-state index in [0.29, 0.717) is 0 Å². The molecule has 0 heteroatoms. The van der Waals surface area contributed by atoms with Crippen LogP contribution < -0.4 is 0 Å². The highest BCUT2D eigenvalue weighted by Gasteiger charge is 2.25. The van der Waals surface area contributed by atoms with Gasteiger partial charge in [-0.25, -0.2) is 0 Å². The Balaban J connectivity index is 0.000000115. The Morgan fingerprint density at radius 3 is 2.05 bits per heavy atom. The Kier molecular flexibility index (Phi) is 4.66. The average Bonchev–Trinajstić information content (AvgIpc) is 3.57. The summed E-state index contributed by atoms with van der Waals surface area (Å²) in [4.78, 5) is 0. The van der Waals surface area contributed by atoms with E-state index in [-0.39, 0.29) is 0 Å². The first-order chi connectivity index (χ1) is 19.8. The van der Waals surface area contributed by atoms with Crippen molar-refractivity contribution < 1.29 is 0 Å². The lowest BCUT2D eigenvalue weighted by Crippen LogP contribution is -1.96. The predicted octanol–water partition coefficient (Wildman–Crippen LogP) is 9.96. The van der Waals surface area contributed by atoms with Gasteiger partial charge < -0.3 is 0 Å². The van der Waals surface area contributed by atoms with E-state index < -0.39 is 0 Å². The molecule has 40 heavy (non-hydrogen) atoms. The zero-order valence-corrected chi connectivity index (χ0v) is 22.4. The summed E-state index contributed by atoms with van der Waals surface area (Å²) in [5.41, 5.74) is 17.4. The van der Waals surface area contributed by atoms with Crippen molar-refractivity contribution in [2.24, 2.45) is 0 Å². The van der Waals surface area contributed by atoms with Crippen LogP contribution in [-0.4, -0.2) is 0 Å². The molecule has 0 amide bonds. The Labute approximate surface area is 234 Å². The third kappa shape index (κ3) is 3.14. The highest BCUT2D eigenvalue weighted by molar-refractivity contribution is 6.04. The molecule has 4 aliphatic carbocycles. The van der Waals surface area contributed by atoms with Gasteiger partial charge in [0.2, 0.25) is 0 Å². The quantitative estimate of drug-likeness (QED) is 0.191. The number of rotatable bonds is 0. The van der Waals surface area contributed by atoms with Crippen LogP contribution in [-0.2, 0) is 25.7 Å². The smallest absolute Gasteiger partial charge is 0.000728 e. The number of benzene rings is 6. The summed E-state index contributed by atoms with van der Waals surface area (Å²) in [5, 5.41) is 5.79. The third-order valence-corrected chi connectivity index (χ3v) is 9.36. The molecule has 0 nitrogen and oxygen atoms in total. The Morgan fingerprint density at radius 2 is 1.18 bits per heavy atom. The maximum Gasteiger partial charge on any atom is -0.000728 e. The van der Waals surface area contributed by atoms with Gasteiger partial charge in [-0.05, 0) is 120 Å². The molecule has 0 N–H and O–H groups in total. The van der Waals surface area contributed by atoms with Crippen molar-refractivity contribution in [1.29, 1.82) is 0 Å². The van der Waals surface area contributed by atoms with Gasteiger partial charge in [0.25, 0.3) is 0 Å². The summed E-state index contributed by atoms with van der Waals surface area (Å²) < 4.78 is 0. The van der Waals surface area contributed by atoms with E-state index in [1.165, 1.54) is 88.3 Å². The van der Waals surface area contributed by atoms with E-state index >= 15 is 0 Å². The first-order valence-corrected chi connectivity index (χ1v) is 14.5. The van der Waals surface area contributed by atoms with Gasteiger partial charge >= 0.3 is 0 Å². The van der Waals surface area contributed by atoms with Gasteiger partial charge in [-0.1, -0.05) is 115 Å². The maximum absolute atomic E-state index is 2.40. The Hall–Kier alpha value is -4.68. The zero-order chi connectivity index (χ0) is 26.2. The number of hydrogen-bond donors (Lipinski definition) is 0. The minimum Gasteiger partial charge on any atom is -0.0795 e. The van der Waals surface area contributed by atoms with Crippen LogP contribution >= 0.6 is 0 Å². The van der Waals surface area contributed by atoms with Gasteiger partial charge in [0.1, 0.15) is 0 Å². The van der Waals surface area contributed by atoms with Crippen molar-refractivity contribution >= 4 is 33.7 Å². The lowest BCUT2D eigenvalue weighted by Gasteiger charge is -2.17. The molecule has 0 bridgehead atoms. The molecule has 0 spiro atoms. The van der Waals surface area contributed by atoms with Crippen molar-refractivity contribution in [1.82, 2.24) is 0 Å². The normalized spacial score (nSPS) is 14.4. The fraction of sp³-hybridized carbons (Fsp3) is 0.100. The number of fused-ring (bicyclic) bond motifs is 8. The molecule has 188 valence electrons. The van der Waals surface area contributed by atoms with Crippen LogP contribution in [0.4, 0.5) is 0 Å². The number of allylic oxidation sites excluding steroid dienone is 2. The van der Waals surface area contributed by atoms with Crippen molar-refractivity contribution in [3.8, 4) is 22.3 Å². The lowest BCUT2D eigenvalue weighted by atomic mass is 9.87. The second kappa shape index (κ2) is 8.41. The van der Waals surface area contributed by atoms with Gasteiger partial charge in [-0.2, -0.15) is 0 Å². The molecule has 0 fully saturated rings. The van der Waals surface area contributed by atoms with Crippen molar-refractivity contribution in [2.75, 3.05) is 0 Å². The summed E-state index contributed by atoms with van der Waals surface area (Å²) in [6, 6.07) is 35.9. The summed E-state index contributed by atoms with van der Waals surface area (Å²) in [7, 11) is 0. The molecule has 10 rings (SSSR count). The van der Waals surface area contributed by atoms with E-state index in [1.807, 2.05) is 0 Å².